The van der Waals surface area contributed by atoms with E-state index in [2.05, 4.69) is 15.6 Å². The molecule has 1 heterocycles. The second-order valence-electron chi connectivity index (χ2n) is 9.46. The molecule has 182 valence electrons. The van der Waals surface area contributed by atoms with Gasteiger partial charge in [-0.2, -0.15) is 0 Å². The monoisotopic (exact) mass is 481 g/mol. The maximum Gasteiger partial charge on any atom is 0.273 e. The van der Waals surface area contributed by atoms with Crippen LogP contribution in [-0.2, 0) is 0 Å². The Hall–Kier alpha value is -2.32. The minimum absolute atomic E-state index is 0.212. The Labute approximate surface area is 199 Å². The molecular weight excluding hydrogens is 448 g/mol. The number of carbonyl (C=O) groups excluding carboxylic acids is 1. The molecule has 0 bridgehead atoms. The van der Waals surface area contributed by atoms with Gasteiger partial charge in [0.1, 0.15) is 18.2 Å². The molecule has 2 rings (SSSR count). The van der Waals surface area contributed by atoms with Crippen LogP contribution in [0.1, 0.15) is 57.4 Å². The Kier molecular flexibility index (Phi) is 9.55. The van der Waals surface area contributed by atoms with E-state index in [0.29, 0.717) is 35.9 Å². The molecule has 9 heteroatoms. The standard InChI is InChI=1S/C24H34ClF2N5O/c1-23(2,3)22(28)32-24(4,10-5-12-29-13-11-26)18-14-17(7-8-19(18)27)31-21(33)20-9-6-16(25)15-30-20/h6-9,15,18,29H,5,10-14H2,1-4H3,(H2,28,32)(H,31,33). The fourth-order valence-corrected chi connectivity index (χ4v) is 3.64. The summed E-state index contributed by atoms with van der Waals surface area (Å²) in [5, 5.41) is 6.26. The van der Waals surface area contributed by atoms with Crippen molar-refractivity contribution in [3.8, 4) is 0 Å². The molecule has 1 aliphatic rings. The van der Waals surface area contributed by atoms with Crippen LogP contribution in [-0.4, -0.2) is 42.0 Å². The van der Waals surface area contributed by atoms with Crippen LogP contribution >= 0.6 is 11.6 Å². The van der Waals surface area contributed by atoms with E-state index in [-0.39, 0.29) is 29.9 Å². The number of nitrogens with zero attached hydrogens (tertiary/aromatic N) is 2. The normalized spacial score (nSPS) is 18.9. The lowest BCUT2D eigenvalue weighted by Gasteiger charge is -2.37. The average Bonchev–Trinajstić information content (AvgIpc) is 2.74. The third-order valence-corrected chi connectivity index (χ3v) is 5.86. The van der Waals surface area contributed by atoms with Crippen LogP contribution in [0.2, 0.25) is 5.02 Å². The van der Waals surface area contributed by atoms with Gasteiger partial charge in [0.2, 0.25) is 0 Å². The van der Waals surface area contributed by atoms with E-state index in [1.807, 2.05) is 27.7 Å². The molecule has 1 amide bonds. The molecule has 2 unspecified atom stereocenters. The van der Waals surface area contributed by atoms with Crippen molar-refractivity contribution in [3.63, 3.8) is 0 Å². The molecule has 1 aromatic rings. The largest absolute Gasteiger partial charge is 0.387 e. The molecule has 1 aliphatic carbocycles. The van der Waals surface area contributed by atoms with Crippen LogP contribution in [0.15, 0.2) is 47.0 Å². The Morgan fingerprint density at radius 2 is 2.00 bits per heavy atom. The van der Waals surface area contributed by atoms with Crippen molar-refractivity contribution in [2.75, 3.05) is 19.8 Å². The molecule has 4 N–H and O–H groups in total. The molecule has 0 aromatic carbocycles. The number of allylic oxidation sites excluding steroid dienone is 3. The molecule has 33 heavy (non-hydrogen) atoms. The Balaban J connectivity index is 2.23. The topological polar surface area (TPSA) is 92.4 Å². The van der Waals surface area contributed by atoms with Gasteiger partial charge < -0.3 is 16.4 Å². The molecule has 0 spiro atoms. The van der Waals surface area contributed by atoms with E-state index in [0.717, 1.165) is 0 Å². The smallest absolute Gasteiger partial charge is 0.273 e. The molecule has 2 atom stereocenters. The molecule has 0 radical (unpaired) electrons. The van der Waals surface area contributed by atoms with Gasteiger partial charge in [0.05, 0.1) is 16.4 Å². The van der Waals surface area contributed by atoms with Crippen LogP contribution in [0.3, 0.4) is 0 Å². The van der Waals surface area contributed by atoms with E-state index < -0.39 is 24.0 Å². The van der Waals surface area contributed by atoms with Crippen molar-refractivity contribution in [2.24, 2.45) is 22.1 Å². The molecule has 0 saturated carbocycles. The molecule has 0 aliphatic heterocycles. The number of amidine groups is 1. The molecule has 6 nitrogen and oxygen atoms in total. The van der Waals surface area contributed by atoms with Gasteiger partial charge in [-0.15, -0.1) is 0 Å². The first kappa shape index (κ1) is 26.9. The number of amides is 1. The van der Waals surface area contributed by atoms with E-state index >= 15 is 4.39 Å². The highest BCUT2D eigenvalue weighted by Crippen LogP contribution is 2.40. The Morgan fingerprint density at radius 3 is 2.61 bits per heavy atom. The number of carbonyl (C=O) groups is 1. The van der Waals surface area contributed by atoms with Crippen LogP contribution in [0, 0.1) is 11.3 Å². The summed E-state index contributed by atoms with van der Waals surface area (Å²) in [6.07, 6.45) is 5.76. The molecule has 1 aromatic heterocycles. The summed E-state index contributed by atoms with van der Waals surface area (Å²) < 4.78 is 27.5. The highest BCUT2D eigenvalue weighted by molar-refractivity contribution is 6.30. The van der Waals surface area contributed by atoms with Gasteiger partial charge in [0.15, 0.2) is 0 Å². The van der Waals surface area contributed by atoms with Gasteiger partial charge in [-0.05, 0) is 57.0 Å². The maximum absolute atomic E-state index is 15.1. The van der Waals surface area contributed by atoms with Crippen LogP contribution in [0.25, 0.3) is 0 Å². The molecular formula is C24H34ClF2N5O. The van der Waals surface area contributed by atoms with E-state index in [1.54, 1.807) is 12.1 Å². The fraction of sp³-hybridized carbons (Fsp3) is 0.542. The van der Waals surface area contributed by atoms with Gasteiger partial charge >= 0.3 is 0 Å². The highest BCUT2D eigenvalue weighted by atomic mass is 35.5. The predicted octanol–water partition coefficient (Wildman–Crippen LogP) is 4.72. The minimum Gasteiger partial charge on any atom is -0.387 e. The van der Waals surface area contributed by atoms with Crippen molar-refractivity contribution in [2.45, 2.75) is 52.5 Å². The number of hydrogen-bond donors (Lipinski definition) is 3. The van der Waals surface area contributed by atoms with Gasteiger partial charge in [-0.1, -0.05) is 32.4 Å². The number of alkyl halides is 1. The lowest BCUT2D eigenvalue weighted by molar-refractivity contribution is 0.0956. The summed E-state index contributed by atoms with van der Waals surface area (Å²) in [6, 6.07) is 3.11. The van der Waals surface area contributed by atoms with Gasteiger partial charge in [0.25, 0.3) is 5.91 Å². The number of hydrogen-bond acceptors (Lipinski definition) is 4. The third kappa shape index (κ3) is 7.89. The summed E-state index contributed by atoms with van der Waals surface area (Å²) in [4.78, 5) is 21.4. The Morgan fingerprint density at radius 1 is 1.27 bits per heavy atom. The number of pyridine rings is 1. The van der Waals surface area contributed by atoms with Crippen molar-refractivity contribution in [1.82, 2.24) is 15.6 Å². The van der Waals surface area contributed by atoms with Crippen molar-refractivity contribution < 1.29 is 13.6 Å². The average molecular weight is 482 g/mol. The zero-order valence-corrected chi connectivity index (χ0v) is 20.5. The number of aromatic nitrogens is 1. The second-order valence-corrected chi connectivity index (χ2v) is 9.90. The first-order chi connectivity index (χ1) is 15.5. The van der Waals surface area contributed by atoms with Gasteiger partial charge in [-0.25, -0.2) is 13.8 Å². The maximum atomic E-state index is 15.1. The minimum atomic E-state index is -0.849. The quantitative estimate of drug-likeness (QED) is 0.256. The van der Waals surface area contributed by atoms with Crippen LogP contribution < -0.4 is 16.4 Å². The van der Waals surface area contributed by atoms with Crippen LogP contribution in [0.5, 0.6) is 0 Å². The summed E-state index contributed by atoms with van der Waals surface area (Å²) in [5.74, 6) is -0.900. The van der Waals surface area contributed by atoms with Gasteiger partial charge in [-0.3, -0.25) is 9.79 Å². The molecule has 0 saturated heterocycles. The first-order valence-electron chi connectivity index (χ1n) is 11.1. The summed E-state index contributed by atoms with van der Waals surface area (Å²) in [7, 11) is 0. The van der Waals surface area contributed by atoms with Crippen molar-refractivity contribution in [1.29, 1.82) is 0 Å². The molecule has 0 fully saturated rings. The number of aliphatic imine (C=N–C) groups is 1. The zero-order valence-electron chi connectivity index (χ0n) is 19.7. The zero-order chi connectivity index (χ0) is 24.6. The third-order valence-electron chi connectivity index (χ3n) is 5.64. The highest BCUT2D eigenvalue weighted by Gasteiger charge is 2.39. The number of nitrogens with two attached hydrogens (primary N) is 1. The van der Waals surface area contributed by atoms with E-state index in [1.165, 1.54) is 18.3 Å². The van der Waals surface area contributed by atoms with E-state index in [9.17, 15) is 9.18 Å². The summed E-state index contributed by atoms with van der Waals surface area (Å²) in [6.45, 7) is 8.16. The van der Waals surface area contributed by atoms with Crippen molar-refractivity contribution >= 4 is 23.3 Å². The lowest BCUT2D eigenvalue weighted by Crippen LogP contribution is -2.41. The number of nitrogens with one attached hydrogen (secondary N) is 2. The predicted molar refractivity (Wildman–Crippen MR) is 130 cm³/mol. The summed E-state index contributed by atoms with van der Waals surface area (Å²) >= 11 is 5.84. The first-order valence-corrected chi connectivity index (χ1v) is 11.5. The fourth-order valence-electron chi connectivity index (χ4n) is 3.53. The SMILES string of the molecule is CC(C)(C)C(N)=NC(C)(CCCNCCF)C1CC(NC(=O)c2ccc(Cl)cn2)=CC=C1F. The van der Waals surface area contributed by atoms with Gasteiger partial charge in [0, 0.05) is 29.8 Å². The van der Waals surface area contributed by atoms with E-state index in [4.69, 9.17) is 22.3 Å². The number of halogens is 3. The van der Waals surface area contributed by atoms with Crippen LogP contribution in [0.4, 0.5) is 8.78 Å². The Bertz CT molecular complexity index is 908. The van der Waals surface area contributed by atoms with Crippen molar-refractivity contribution in [3.05, 3.63) is 52.7 Å². The number of rotatable bonds is 10. The summed E-state index contributed by atoms with van der Waals surface area (Å²) in [5.41, 5.74) is 5.83. The lowest BCUT2D eigenvalue weighted by atomic mass is 9.76. The second kappa shape index (κ2) is 11.7.